The van der Waals surface area contributed by atoms with Crippen LogP contribution in [0.25, 0.3) is 39.0 Å². The average Bonchev–Trinajstić information content (AvgIpc) is 3.51. The zero-order chi connectivity index (χ0) is 31.6. The summed E-state index contributed by atoms with van der Waals surface area (Å²) in [6, 6.07) is 64.1. The van der Waals surface area contributed by atoms with Gasteiger partial charge in [0.15, 0.2) is 0 Å². The number of hydrogen-bond acceptors (Lipinski definition) is 2. The summed E-state index contributed by atoms with van der Waals surface area (Å²) >= 11 is 1.90. The summed E-state index contributed by atoms with van der Waals surface area (Å²) in [6.45, 7) is 0.141. The number of anilines is 3. The minimum Gasteiger partial charge on any atom is -0.310 e. The molecule has 0 fully saturated rings. The van der Waals surface area contributed by atoms with Gasteiger partial charge in [-0.25, -0.2) is 0 Å². The maximum absolute atomic E-state index is 2.56. The number of nitrogens with zero attached hydrogens (tertiary/aromatic N) is 2. The van der Waals surface area contributed by atoms with Gasteiger partial charge in [0.05, 0.1) is 5.69 Å². The SMILES string of the molecule is c1ccc(-c2c(-c3ccccc3)n3c4c(cccc24)B2c4ccc(N(c5ccccc5)c5ccccc5)cc4Sc4cccc-3c42)cc1. The fraction of sp³-hybridized carbons (Fsp3) is 0. The van der Waals surface area contributed by atoms with Gasteiger partial charge in [0, 0.05) is 49.0 Å². The molecule has 2 aliphatic rings. The van der Waals surface area contributed by atoms with Crippen LogP contribution in [-0.2, 0) is 0 Å². The third kappa shape index (κ3) is 4.09. The van der Waals surface area contributed by atoms with Gasteiger partial charge in [0.1, 0.15) is 0 Å². The highest BCUT2D eigenvalue weighted by molar-refractivity contribution is 8.00. The summed E-state index contributed by atoms with van der Waals surface area (Å²) < 4.78 is 2.56. The zero-order valence-electron chi connectivity index (χ0n) is 26.1. The summed E-state index contributed by atoms with van der Waals surface area (Å²) in [5, 5.41) is 1.30. The first-order valence-corrected chi connectivity index (χ1v) is 17.3. The topological polar surface area (TPSA) is 8.17 Å². The Morgan fingerprint density at radius 3 is 1.79 bits per heavy atom. The second-order valence-corrected chi connectivity index (χ2v) is 13.6. The number of rotatable bonds is 5. The number of aromatic nitrogens is 1. The molecule has 0 aliphatic carbocycles. The lowest BCUT2D eigenvalue weighted by Crippen LogP contribution is -2.58. The predicted octanol–water partition coefficient (Wildman–Crippen LogP) is 9.73. The fourth-order valence-electron chi connectivity index (χ4n) is 7.90. The average molecular weight is 629 g/mol. The standard InChI is InChI=1S/C44H29BN2S/c1-5-15-30(16-6-1)41-35-23-13-24-37-44(35)47(43(41)31-17-7-2-8-18-31)38-25-14-26-39-42(38)45(37)36-28-27-34(29-40(36)48-39)46(32-19-9-3-10-20-32)33-21-11-4-12-22-33/h1-29H. The van der Waals surface area contributed by atoms with Crippen LogP contribution in [-0.4, -0.2) is 11.3 Å². The van der Waals surface area contributed by atoms with Crippen LogP contribution in [0.2, 0.25) is 0 Å². The zero-order valence-corrected chi connectivity index (χ0v) is 26.9. The molecular weight excluding hydrogens is 599 g/mol. The van der Waals surface area contributed by atoms with Gasteiger partial charge in [0.2, 0.25) is 6.71 Å². The third-order valence-electron chi connectivity index (χ3n) is 9.83. The highest BCUT2D eigenvalue weighted by Gasteiger charge is 2.40. The Labute approximate surface area is 285 Å². The molecule has 2 nitrogen and oxygen atoms in total. The van der Waals surface area contributed by atoms with Crippen LogP contribution in [0.5, 0.6) is 0 Å². The maximum Gasteiger partial charge on any atom is 0.249 e. The van der Waals surface area contributed by atoms with Gasteiger partial charge in [-0.3, -0.25) is 0 Å². The smallest absolute Gasteiger partial charge is 0.249 e. The monoisotopic (exact) mass is 628 g/mol. The first-order chi connectivity index (χ1) is 23.8. The van der Waals surface area contributed by atoms with Gasteiger partial charge in [0.25, 0.3) is 0 Å². The van der Waals surface area contributed by atoms with E-state index in [2.05, 4.69) is 185 Å². The van der Waals surface area contributed by atoms with Crippen molar-refractivity contribution in [3.05, 3.63) is 176 Å². The van der Waals surface area contributed by atoms with E-state index in [-0.39, 0.29) is 6.71 Å². The largest absolute Gasteiger partial charge is 0.310 e. The Bertz CT molecular complexity index is 2430. The van der Waals surface area contributed by atoms with Crippen molar-refractivity contribution in [1.29, 1.82) is 0 Å². The molecular formula is C44H29BN2S. The van der Waals surface area contributed by atoms with E-state index in [1.807, 2.05) is 11.8 Å². The molecule has 0 amide bonds. The van der Waals surface area contributed by atoms with E-state index >= 15 is 0 Å². The highest BCUT2D eigenvalue weighted by atomic mass is 32.2. The molecule has 0 saturated carbocycles. The number of hydrogen-bond donors (Lipinski definition) is 0. The molecule has 10 rings (SSSR count). The molecule has 224 valence electrons. The van der Waals surface area contributed by atoms with Crippen molar-refractivity contribution in [3.63, 3.8) is 0 Å². The predicted molar refractivity (Wildman–Crippen MR) is 204 cm³/mol. The molecule has 0 spiro atoms. The van der Waals surface area contributed by atoms with Crippen LogP contribution in [0.15, 0.2) is 186 Å². The Kier molecular flexibility index (Phi) is 6.25. The van der Waals surface area contributed by atoms with Crippen LogP contribution in [0.1, 0.15) is 0 Å². The molecule has 2 aliphatic heterocycles. The molecule has 0 atom stereocenters. The molecule has 1 aromatic heterocycles. The van der Waals surface area contributed by atoms with Crippen LogP contribution in [0.3, 0.4) is 0 Å². The van der Waals surface area contributed by atoms with E-state index in [4.69, 9.17) is 0 Å². The maximum atomic E-state index is 2.56. The molecule has 0 unspecified atom stereocenters. The van der Waals surface area contributed by atoms with Gasteiger partial charge in [-0.1, -0.05) is 145 Å². The second-order valence-electron chi connectivity index (χ2n) is 12.5. The number of fused-ring (bicyclic) bond motifs is 4. The van der Waals surface area contributed by atoms with Gasteiger partial charge >= 0.3 is 0 Å². The van der Waals surface area contributed by atoms with E-state index in [0.29, 0.717) is 0 Å². The highest BCUT2D eigenvalue weighted by Crippen LogP contribution is 2.45. The lowest BCUT2D eigenvalue weighted by atomic mass is 9.35. The van der Waals surface area contributed by atoms with E-state index in [1.165, 1.54) is 65.2 Å². The number of benzene rings is 7. The summed E-state index contributed by atoms with van der Waals surface area (Å²) in [5.41, 5.74) is 15.2. The van der Waals surface area contributed by atoms with Crippen LogP contribution in [0, 0.1) is 0 Å². The quantitative estimate of drug-likeness (QED) is 0.175. The van der Waals surface area contributed by atoms with Crippen molar-refractivity contribution >= 4 is 62.8 Å². The molecule has 4 heteroatoms. The summed E-state index contributed by atoms with van der Waals surface area (Å²) in [5.74, 6) is 0. The molecule has 48 heavy (non-hydrogen) atoms. The second kappa shape index (κ2) is 10.9. The third-order valence-corrected chi connectivity index (χ3v) is 11.0. The van der Waals surface area contributed by atoms with Gasteiger partial charge in [-0.15, -0.1) is 0 Å². The van der Waals surface area contributed by atoms with Gasteiger partial charge in [-0.2, -0.15) is 0 Å². The van der Waals surface area contributed by atoms with Gasteiger partial charge < -0.3 is 9.47 Å². The summed E-state index contributed by atoms with van der Waals surface area (Å²) in [6.07, 6.45) is 0. The van der Waals surface area contributed by atoms with Crippen molar-refractivity contribution in [2.24, 2.45) is 0 Å². The van der Waals surface area contributed by atoms with E-state index in [9.17, 15) is 0 Å². The van der Waals surface area contributed by atoms with Crippen molar-refractivity contribution in [2.75, 3.05) is 4.90 Å². The van der Waals surface area contributed by atoms with Crippen LogP contribution < -0.4 is 21.3 Å². The molecule has 0 bridgehead atoms. The van der Waals surface area contributed by atoms with E-state index in [0.717, 1.165) is 17.1 Å². The van der Waals surface area contributed by atoms with Crippen molar-refractivity contribution in [3.8, 4) is 28.1 Å². The van der Waals surface area contributed by atoms with Crippen LogP contribution in [0.4, 0.5) is 17.1 Å². The Morgan fingerprint density at radius 1 is 0.479 bits per heavy atom. The summed E-state index contributed by atoms with van der Waals surface area (Å²) in [7, 11) is 0. The minimum absolute atomic E-state index is 0.141. The molecule has 8 aromatic rings. The lowest BCUT2D eigenvalue weighted by molar-refractivity contribution is 1.13. The van der Waals surface area contributed by atoms with Crippen molar-refractivity contribution in [2.45, 2.75) is 9.79 Å². The van der Waals surface area contributed by atoms with E-state index in [1.54, 1.807) is 0 Å². The first kappa shape index (κ1) is 27.4. The molecule has 0 N–H and O–H groups in total. The minimum atomic E-state index is 0.141. The summed E-state index contributed by atoms with van der Waals surface area (Å²) in [4.78, 5) is 4.99. The Balaban J connectivity index is 1.23. The van der Waals surface area contributed by atoms with Crippen molar-refractivity contribution in [1.82, 2.24) is 4.57 Å². The molecule has 3 heterocycles. The Morgan fingerprint density at radius 2 is 1.10 bits per heavy atom. The lowest BCUT2D eigenvalue weighted by Gasteiger charge is -2.34. The molecule has 7 aromatic carbocycles. The first-order valence-electron chi connectivity index (χ1n) is 16.5. The molecule has 0 radical (unpaired) electrons. The van der Waals surface area contributed by atoms with Crippen molar-refractivity contribution < 1.29 is 0 Å². The van der Waals surface area contributed by atoms with E-state index < -0.39 is 0 Å². The Hall–Kier alpha value is -5.71. The number of para-hydroxylation sites is 3. The fourth-order valence-corrected chi connectivity index (χ4v) is 9.10. The van der Waals surface area contributed by atoms with Gasteiger partial charge in [-0.05, 0) is 70.6 Å². The normalized spacial score (nSPS) is 12.5. The molecule has 0 saturated heterocycles. The van der Waals surface area contributed by atoms with Crippen LogP contribution >= 0.6 is 11.8 Å².